The molecule has 0 aromatic heterocycles. The van der Waals surface area contributed by atoms with Crippen molar-refractivity contribution >= 4 is 12.0 Å². The molecule has 0 radical (unpaired) electrons. The van der Waals surface area contributed by atoms with Gasteiger partial charge in [-0.15, -0.1) is 0 Å². The van der Waals surface area contributed by atoms with Crippen LogP contribution in [-0.4, -0.2) is 30.1 Å². The molecule has 0 aromatic rings. The number of hydrogen-bond acceptors (Lipinski definition) is 3. The number of hydrogen-bond donors (Lipinski definition) is 0. The molecule has 1 heterocycles. The number of imide groups is 1. The smallest absolute Gasteiger partial charge is 0.417 e. The Kier molecular flexibility index (Phi) is 2.12. The van der Waals surface area contributed by atoms with Crippen LogP contribution in [0.25, 0.3) is 0 Å². The molecule has 0 N–H and O–H groups in total. The first-order valence-electron chi connectivity index (χ1n) is 3.16. The van der Waals surface area contributed by atoms with Crippen molar-refractivity contribution in [3.63, 3.8) is 0 Å². The molecule has 1 rings (SSSR count). The molecule has 1 fully saturated rings. The van der Waals surface area contributed by atoms with Crippen LogP contribution in [-0.2, 0) is 9.53 Å². The highest BCUT2D eigenvalue weighted by molar-refractivity contribution is 6.03. The van der Waals surface area contributed by atoms with E-state index in [9.17, 15) is 9.59 Å². The van der Waals surface area contributed by atoms with Gasteiger partial charge in [-0.25, -0.2) is 9.69 Å². The molecule has 11 heavy (non-hydrogen) atoms. The number of amides is 2. The van der Waals surface area contributed by atoms with Gasteiger partial charge in [0, 0.05) is 0 Å². The van der Waals surface area contributed by atoms with Crippen LogP contribution in [0.4, 0.5) is 4.79 Å². The van der Waals surface area contributed by atoms with E-state index in [-0.39, 0.29) is 6.61 Å². The summed E-state index contributed by atoms with van der Waals surface area (Å²) in [4.78, 5) is 22.6. The summed E-state index contributed by atoms with van der Waals surface area (Å²) >= 11 is 0. The summed E-state index contributed by atoms with van der Waals surface area (Å²) < 4.78 is 4.53. The van der Waals surface area contributed by atoms with Crippen molar-refractivity contribution in [2.75, 3.05) is 13.2 Å². The quantitative estimate of drug-likeness (QED) is 0.460. The Labute approximate surface area is 64.1 Å². The molecule has 1 saturated heterocycles. The van der Waals surface area contributed by atoms with Crippen molar-refractivity contribution in [1.82, 2.24) is 4.90 Å². The van der Waals surface area contributed by atoms with Crippen LogP contribution in [0.5, 0.6) is 0 Å². The van der Waals surface area contributed by atoms with E-state index in [4.69, 9.17) is 0 Å². The molecule has 1 aliphatic heterocycles. The molecule has 1 aliphatic rings. The second-order valence-electron chi connectivity index (χ2n) is 1.95. The Balaban J connectivity index is 2.65. The normalized spacial score (nSPS) is 15.4. The third-order valence-electron chi connectivity index (χ3n) is 1.24. The van der Waals surface area contributed by atoms with E-state index in [2.05, 4.69) is 16.6 Å². The van der Waals surface area contributed by atoms with Gasteiger partial charge in [0.05, 0.1) is 6.54 Å². The van der Waals surface area contributed by atoms with E-state index in [0.29, 0.717) is 6.54 Å². The number of carbonyl (C=O) groups is 2. The molecule has 0 atom stereocenters. The molecule has 0 unspecified atom stereocenters. The van der Waals surface area contributed by atoms with Gasteiger partial charge in [0.1, 0.15) is 6.61 Å². The van der Waals surface area contributed by atoms with E-state index in [1.165, 1.54) is 0 Å². The van der Waals surface area contributed by atoms with Gasteiger partial charge in [0.2, 0.25) is 0 Å². The lowest BCUT2D eigenvalue weighted by Gasteiger charge is -2.03. The molecule has 4 heteroatoms. The molecule has 2 amide bonds. The van der Waals surface area contributed by atoms with Crippen molar-refractivity contribution < 1.29 is 14.3 Å². The average Bonchev–Trinajstić information content (AvgIpc) is 2.36. The van der Waals surface area contributed by atoms with Gasteiger partial charge < -0.3 is 4.74 Å². The topological polar surface area (TPSA) is 46.6 Å². The highest BCUT2D eigenvalue weighted by atomic mass is 16.6. The lowest BCUT2D eigenvalue weighted by molar-refractivity contribution is -0.121. The maximum atomic E-state index is 10.9. The molecule has 0 spiro atoms. The van der Waals surface area contributed by atoms with E-state index >= 15 is 0 Å². The predicted octanol–water partition coefficient (Wildman–Crippen LogP) is -0.0115. The summed E-state index contributed by atoms with van der Waals surface area (Å²) in [6, 6.07) is 0. The summed E-state index contributed by atoms with van der Waals surface area (Å²) in [6.45, 7) is 2.13. The molecule has 4 nitrogen and oxygen atoms in total. The van der Waals surface area contributed by atoms with Crippen molar-refractivity contribution in [3.05, 3.63) is 0 Å². The largest absolute Gasteiger partial charge is 0.447 e. The first-order valence-corrected chi connectivity index (χ1v) is 3.16. The average molecular weight is 153 g/mol. The minimum Gasteiger partial charge on any atom is -0.447 e. The van der Waals surface area contributed by atoms with Crippen LogP contribution in [0.2, 0.25) is 0 Å². The second kappa shape index (κ2) is 3.06. The molecule has 58 valence electrons. The lowest BCUT2D eigenvalue weighted by atomic mass is 10.5. The minimum atomic E-state index is -0.599. The van der Waals surface area contributed by atoms with Crippen LogP contribution in [0.1, 0.15) is 6.92 Å². The lowest BCUT2D eigenvalue weighted by Crippen LogP contribution is -2.30. The van der Waals surface area contributed by atoms with Crippen LogP contribution in [0.3, 0.4) is 0 Å². The van der Waals surface area contributed by atoms with Crippen LogP contribution >= 0.6 is 0 Å². The molecular weight excluding hydrogens is 146 g/mol. The van der Waals surface area contributed by atoms with Gasteiger partial charge >= 0.3 is 12.0 Å². The van der Waals surface area contributed by atoms with Crippen molar-refractivity contribution in [3.8, 4) is 11.8 Å². The van der Waals surface area contributed by atoms with Gasteiger partial charge in [-0.05, 0) is 12.8 Å². The maximum Gasteiger partial charge on any atom is 0.417 e. The number of cyclic esters (lactones) is 1. The Morgan fingerprint density at radius 2 is 2.45 bits per heavy atom. The molecule has 0 aliphatic carbocycles. The van der Waals surface area contributed by atoms with Crippen molar-refractivity contribution in [2.24, 2.45) is 0 Å². The molecular formula is C7H7NO3. The Morgan fingerprint density at radius 3 is 2.91 bits per heavy atom. The number of carbonyl (C=O) groups excluding carboxylic acids is 2. The molecule has 0 aromatic carbocycles. The van der Waals surface area contributed by atoms with Gasteiger partial charge in [-0.3, -0.25) is 4.79 Å². The maximum absolute atomic E-state index is 10.9. The zero-order valence-corrected chi connectivity index (χ0v) is 6.09. The fourth-order valence-corrected chi connectivity index (χ4v) is 0.752. The van der Waals surface area contributed by atoms with E-state index in [1.807, 2.05) is 0 Å². The summed E-state index contributed by atoms with van der Waals surface area (Å²) in [7, 11) is 0. The number of rotatable bonds is 0. The highest BCUT2D eigenvalue weighted by Crippen LogP contribution is 2.02. The predicted molar refractivity (Wildman–Crippen MR) is 36.5 cm³/mol. The van der Waals surface area contributed by atoms with Crippen LogP contribution in [0, 0.1) is 11.8 Å². The number of ether oxygens (including phenoxy) is 1. The summed E-state index contributed by atoms with van der Waals surface area (Å²) in [5, 5.41) is 0. The molecule has 0 saturated carbocycles. The summed E-state index contributed by atoms with van der Waals surface area (Å²) in [6.07, 6.45) is -0.599. The number of nitrogens with zero attached hydrogens (tertiary/aromatic N) is 1. The fraction of sp³-hybridized carbons (Fsp3) is 0.429. The monoisotopic (exact) mass is 153 g/mol. The molecule has 0 bridgehead atoms. The fourth-order valence-electron chi connectivity index (χ4n) is 0.752. The van der Waals surface area contributed by atoms with Gasteiger partial charge in [-0.2, -0.15) is 0 Å². The first-order chi connectivity index (χ1) is 5.25. The first kappa shape index (κ1) is 7.61. The third-order valence-corrected chi connectivity index (χ3v) is 1.24. The Bertz CT molecular complexity index is 248. The van der Waals surface area contributed by atoms with Crippen molar-refractivity contribution in [2.45, 2.75) is 6.92 Å². The summed E-state index contributed by atoms with van der Waals surface area (Å²) in [5.41, 5.74) is 0. The second-order valence-corrected chi connectivity index (χ2v) is 1.95. The summed E-state index contributed by atoms with van der Waals surface area (Å²) in [5.74, 6) is 4.18. The van der Waals surface area contributed by atoms with E-state index in [1.54, 1.807) is 6.92 Å². The zero-order valence-electron chi connectivity index (χ0n) is 6.09. The van der Waals surface area contributed by atoms with Crippen LogP contribution in [0.15, 0.2) is 0 Å². The Morgan fingerprint density at radius 1 is 1.73 bits per heavy atom. The van der Waals surface area contributed by atoms with Gasteiger partial charge in [-0.1, -0.05) is 5.92 Å². The highest BCUT2D eigenvalue weighted by Gasteiger charge is 2.26. The third kappa shape index (κ3) is 1.49. The van der Waals surface area contributed by atoms with E-state index < -0.39 is 12.0 Å². The Hall–Kier alpha value is -1.50. The van der Waals surface area contributed by atoms with Crippen molar-refractivity contribution in [1.29, 1.82) is 0 Å². The zero-order chi connectivity index (χ0) is 8.27. The standard InChI is InChI=1S/C7H7NO3/c1-2-3-6(9)8-4-5-11-7(8)10/h4-5H2,1H3. The van der Waals surface area contributed by atoms with Gasteiger partial charge in [0.15, 0.2) is 0 Å². The van der Waals surface area contributed by atoms with Gasteiger partial charge in [0.25, 0.3) is 0 Å². The van der Waals surface area contributed by atoms with E-state index in [0.717, 1.165) is 4.90 Å². The minimum absolute atomic E-state index is 0.274. The SMILES string of the molecule is CC#CC(=O)N1CCOC1=O. The van der Waals surface area contributed by atoms with Crippen LogP contribution < -0.4 is 0 Å².